The molecule has 1 aromatic heterocycles. The molecule has 9 heteroatoms. The number of hydrogen-bond acceptors (Lipinski definition) is 7. The summed E-state index contributed by atoms with van der Waals surface area (Å²) in [5.41, 5.74) is 1.62. The van der Waals surface area contributed by atoms with Crippen molar-refractivity contribution in [3.8, 4) is 11.5 Å². The van der Waals surface area contributed by atoms with E-state index in [2.05, 4.69) is 4.90 Å². The first-order valence-electron chi connectivity index (χ1n) is 12.5. The third-order valence-corrected chi connectivity index (χ3v) is 7.35. The van der Waals surface area contributed by atoms with Crippen LogP contribution in [0.5, 0.6) is 11.5 Å². The minimum Gasteiger partial charge on any atom is -0.507 e. The SMILES string of the molecule is COc1cc(OC)c(/C(O)=C2\C(=O)C(=O)N(c3ccc(N4CCCCC4)cc3)C2c2ccc(C)o2)cc1Cl. The Morgan fingerprint density at radius 1 is 0.947 bits per heavy atom. The summed E-state index contributed by atoms with van der Waals surface area (Å²) < 4.78 is 16.6. The van der Waals surface area contributed by atoms with Gasteiger partial charge in [-0.2, -0.15) is 0 Å². The lowest BCUT2D eigenvalue weighted by Gasteiger charge is -2.29. The van der Waals surface area contributed by atoms with Gasteiger partial charge in [-0.3, -0.25) is 14.5 Å². The molecule has 2 aliphatic rings. The zero-order valence-electron chi connectivity index (χ0n) is 21.5. The molecule has 38 heavy (non-hydrogen) atoms. The van der Waals surface area contributed by atoms with Gasteiger partial charge in [0.1, 0.15) is 34.8 Å². The van der Waals surface area contributed by atoms with Crippen LogP contribution in [0, 0.1) is 6.92 Å². The smallest absolute Gasteiger partial charge is 0.300 e. The highest BCUT2D eigenvalue weighted by atomic mass is 35.5. The van der Waals surface area contributed by atoms with Crippen molar-refractivity contribution >= 4 is 40.4 Å². The standard InChI is InChI=1S/C29H29ClN2O6/c1-17-7-12-22(38-17)26-25(27(33)20-15-21(30)24(37-3)16-23(20)36-2)28(34)29(35)32(26)19-10-8-18(9-11-19)31-13-5-4-6-14-31/h7-12,15-16,26,33H,4-6,13-14H2,1-3H3/b27-25+. The Labute approximate surface area is 226 Å². The van der Waals surface area contributed by atoms with Crippen LogP contribution in [0.4, 0.5) is 11.4 Å². The number of carbonyl (C=O) groups is 2. The molecule has 0 radical (unpaired) electrons. The Hall–Kier alpha value is -3.91. The fraction of sp³-hybridized carbons (Fsp3) is 0.310. The average molecular weight is 537 g/mol. The maximum Gasteiger partial charge on any atom is 0.300 e. The monoisotopic (exact) mass is 536 g/mol. The highest BCUT2D eigenvalue weighted by Crippen LogP contribution is 2.45. The number of piperidine rings is 1. The predicted octanol–water partition coefficient (Wildman–Crippen LogP) is 5.88. The van der Waals surface area contributed by atoms with E-state index in [-0.39, 0.29) is 21.9 Å². The van der Waals surface area contributed by atoms with Crippen LogP contribution in [0.3, 0.4) is 0 Å². The molecule has 5 rings (SSSR count). The molecule has 0 saturated carbocycles. The van der Waals surface area contributed by atoms with Gasteiger partial charge in [0.05, 0.1) is 30.4 Å². The van der Waals surface area contributed by atoms with Crippen molar-refractivity contribution < 1.29 is 28.6 Å². The Bertz CT molecular complexity index is 1400. The van der Waals surface area contributed by atoms with Crippen molar-refractivity contribution in [3.05, 3.63) is 76.2 Å². The van der Waals surface area contributed by atoms with Crippen molar-refractivity contribution in [2.75, 3.05) is 37.1 Å². The average Bonchev–Trinajstić information content (AvgIpc) is 3.48. The zero-order valence-corrected chi connectivity index (χ0v) is 22.2. The molecule has 3 aromatic rings. The zero-order chi connectivity index (χ0) is 27.0. The molecular formula is C29H29ClN2O6. The molecule has 1 atom stereocenters. The van der Waals surface area contributed by atoms with Gasteiger partial charge in [0.15, 0.2) is 0 Å². The first kappa shape index (κ1) is 25.7. The maximum atomic E-state index is 13.5. The van der Waals surface area contributed by atoms with E-state index in [1.165, 1.54) is 37.7 Å². The number of benzene rings is 2. The van der Waals surface area contributed by atoms with E-state index in [0.717, 1.165) is 31.6 Å². The number of aryl methyl sites for hydroxylation is 1. The summed E-state index contributed by atoms with van der Waals surface area (Å²) in [6.45, 7) is 3.75. The minimum atomic E-state index is -0.991. The number of amides is 1. The number of carbonyl (C=O) groups excluding carboxylic acids is 2. The quantitative estimate of drug-likeness (QED) is 0.239. The van der Waals surface area contributed by atoms with E-state index < -0.39 is 23.5 Å². The third-order valence-electron chi connectivity index (χ3n) is 7.05. The highest BCUT2D eigenvalue weighted by Gasteiger charge is 2.48. The molecule has 2 aliphatic heterocycles. The molecule has 1 amide bonds. The van der Waals surface area contributed by atoms with E-state index in [9.17, 15) is 14.7 Å². The van der Waals surface area contributed by atoms with Crippen LogP contribution in [-0.4, -0.2) is 44.1 Å². The van der Waals surface area contributed by atoms with Crippen molar-refractivity contribution in [1.29, 1.82) is 0 Å². The molecular weight excluding hydrogens is 508 g/mol. The Balaban J connectivity index is 1.63. The Morgan fingerprint density at radius 2 is 1.61 bits per heavy atom. The molecule has 8 nitrogen and oxygen atoms in total. The molecule has 3 heterocycles. The highest BCUT2D eigenvalue weighted by molar-refractivity contribution is 6.51. The van der Waals surface area contributed by atoms with E-state index >= 15 is 0 Å². The molecule has 198 valence electrons. The van der Waals surface area contributed by atoms with Gasteiger partial charge in [-0.05, 0) is 68.7 Å². The summed E-state index contributed by atoms with van der Waals surface area (Å²) in [7, 11) is 2.89. The number of methoxy groups -OCH3 is 2. The molecule has 2 aromatic carbocycles. The van der Waals surface area contributed by atoms with E-state index in [1.54, 1.807) is 19.1 Å². The number of furan rings is 1. The van der Waals surface area contributed by atoms with Gasteiger partial charge >= 0.3 is 0 Å². The van der Waals surface area contributed by atoms with Crippen molar-refractivity contribution in [2.45, 2.75) is 32.2 Å². The van der Waals surface area contributed by atoms with Crippen LogP contribution < -0.4 is 19.3 Å². The number of Topliss-reactive ketones (excluding diaryl/α,β-unsaturated/α-hetero) is 1. The second-order valence-corrected chi connectivity index (χ2v) is 9.78. The number of nitrogens with zero attached hydrogens (tertiary/aromatic N) is 2. The van der Waals surface area contributed by atoms with Crippen molar-refractivity contribution in [2.24, 2.45) is 0 Å². The van der Waals surface area contributed by atoms with Gasteiger partial charge in [0.25, 0.3) is 11.7 Å². The molecule has 0 spiro atoms. The Morgan fingerprint density at radius 3 is 2.21 bits per heavy atom. The van der Waals surface area contributed by atoms with Crippen LogP contribution in [-0.2, 0) is 9.59 Å². The lowest BCUT2D eigenvalue weighted by atomic mass is 9.98. The number of aliphatic hydroxyl groups is 1. The summed E-state index contributed by atoms with van der Waals surface area (Å²) >= 11 is 6.34. The number of ketones is 1. The molecule has 1 N–H and O–H groups in total. The van der Waals surface area contributed by atoms with E-state index in [4.69, 9.17) is 25.5 Å². The largest absolute Gasteiger partial charge is 0.507 e. The van der Waals surface area contributed by atoms with Gasteiger partial charge < -0.3 is 23.9 Å². The third kappa shape index (κ3) is 4.49. The summed E-state index contributed by atoms with van der Waals surface area (Å²) in [6, 6.07) is 13.0. The Kier molecular flexibility index (Phi) is 7.08. The van der Waals surface area contributed by atoms with Gasteiger partial charge in [-0.1, -0.05) is 11.6 Å². The lowest BCUT2D eigenvalue weighted by molar-refractivity contribution is -0.132. The predicted molar refractivity (Wildman–Crippen MR) is 145 cm³/mol. The van der Waals surface area contributed by atoms with Gasteiger partial charge in [-0.25, -0.2) is 0 Å². The normalized spacial score (nSPS) is 19.2. The summed E-state index contributed by atoms with van der Waals surface area (Å²) in [4.78, 5) is 30.6. The first-order chi connectivity index (χ1) is 18.3. The number of halogens is 1. The molecule has 0 bridgehead atoms. The molecule has 2 fully saturated rings. The first-order valence-corrected chi connectivity index (χ1v) is 12.9. The van der Waals surface area contributed by atoms with Crippen LogP contribution >= 0.6 is 11.6 Å². The molecule has 0 aliphatic carbocycles. The van der Waals surface area contributed by atoms with Gasteiger partial charge in [0.2, 0.25) is 0 Å². The lowest BCUT2D eigenvalue weighted by Crippen LogP contribution is -2.30. The molecule has 1 unspecified atom stereocenters. The van der Waals surface area contributed by atoms with Crippen LogP contribution in [0.1, 0.15) is 42.4 Å². The summed E-state index contributed by atoms with van der Waals surface area (Å²) in [6.07, 6.45) is 3.52. The fourth-order valence-corrected chi connectivity index (χ4v) is 5.38. The van der Waals surface area contributed by atoms with Crippen molar-refractivity contribution in [3.63, 3.8) is 0 Å². The van der Waals surface area contributed by atoms with E-state index in [1.807, 2.05) is 24.3 Å². The van der Waals surface area contributed by atoms with E-state index in [0.29, 0.717) is 23.0 Å². The van der Waals surface area contributed by atoms with Crippen LogP contribution in [0.25, 0.3) is 5.76 Å². The van der Waals surface area contributed by atoms with Crippen LogP contribution in [0.2, 0.25) is 5.02 Å². The maximum absolute atomic E-state index is 13.5. The fourth-order valence-electron chi connectivity index (χ4n) is 5.13. The number of anilines is 2. The number of hydrogen-bond donors (Lipinski definition) is 1. The number of aliphatic hydroxyl groups excluding tert-OH is 1. The minimum absolute atomic E-state index is 0.121. The topological polar surface area (TPSA) is 92.4 Å². The van der Waals surface area contributed by atoms with Crippen LogP contribution in [0.15, 0.2) is 58.5 Å². The van der Waals surface area contributed by atoms with Gasteiger partial charge in [-0.15, -0.1) is 0 Å². The van der Waals surface area contributed by atoms with Crippen molar-refractivity contribution in [1.82, 2.24) is 0 Å². The molecule has 2 saturated heterocycles. The summed E-state index contributed by atoms with van der Waals surface area (Å²) in [5.74, 6) is -0.498. The number of ether oxygens (including phenoxy) is 2. The second kappa shape index (κ2) is 10.5. The summed E-state index contributed by atoms with van der Waals surface area (Å²) in [5, 5.41) is 11.7. The second-order valence-electron chi connectivity index (χ2n) is 9.37. The number of rotatable bonds is 6. The van der Waals surface area contributed by atoms with Gasteiger partial charge in [0, 0.05) is 30.5 Å².